The van der Waals surface area contributed by atoms with Crippen molar-refractivity contribution in [2.75, 3.05) is 13.1 Å². The molecule has 0 bridgehead atoms. The van der Waals surface area contributed by atoms with Gasteiger partial charge >= 0.3 is 6.09 Å². The van der Waals surface area contributed by atoms with Crippen molar-refractivity contribution in [2.24, 2.45) is 57.2 Å². The third-order valence-electron chi connectivity index (χ3n) is 12.6. The summed E-state index contributed by atoms with van der Waals surface area (Å²) in [5.74, 6) is 6.04. The van der Waals surface area contributed by atoms with Crippen LogP contribution in [-0.4, -0.2) is 31.4 Å². The number of nitrogens with zero attached hydrogens (tertiary/aromatic N) is 1. The number of hydrogen-bond acceptors (Lipinski definition) is 4. The molecule has 4 aliphatic rings. The van der Waals surface area contributed by atoms with Crippen LogP contribution >= 0.6 is 0 Å². The summed E-state index contributed by atoms with van der Waals surface area (Å²) in [6, 6.07) is 0. The topological polar surface area (TPSA) is 67.8 Å². The number of unbranched alkanes of at least 4 members (excludes halogenated alkanes) is 3. The maximum atomic E-state index is 12.5. The standard InChI is InChI=1S/C35H60N2O3/c1-25(2)11-10-12-26(3)30-15-16-31-29-14-13-27-23-28(17-19-34(27,4)32(29)18-20-35(30,31)5)40-33(39)37-22-9-7-6-8-21-36-24-38/h25-32H,6-23H2,1-5H3,(H,37,39)/t26-,27?,28+,29+,30-,31+,32+,34+,35-/m1/s1. The van der Waals surface area contributed by atoms with Gasteiger partial charge in [-0.05, 0) is 123 Å². The molecule has 0 aromatic heterocycles. The highest BCUT2D eigenvalue weighted by Gasteiger charge is 2.60. The van der Waals surface area contributed by atoms with Crippen molar-refractivity contribution in [2.45, 2.75) is 143 Å². The monoisotopic (exact) mass is 556 g/mol. The van der Waals surface area contributed by atoms with Crippen molar-refractivity contribution in [3.63, 3.8) is 0 Å². The summed E-state index contributed by atoms with van der Waals surface area (Å²) in [6.07, 6.45) is 21.3. The van der Waals surface area contributed by atoms with Crippen LogP contribution < -0.4 is 5.32 Å². The van der Waals surface area contributed by atoms with E-state index in [0.29, 0.717) is 29.8 Å². The second-order valence-corrected chi connectivity index (χ2v) is 15.3. The van der Waals surface area contributed by atoms with E-state index in [1.807, 2.05) is 0 Å². The first-order valence-corrected chi connectivity index (χ1v) is 17.2. The summed E-state index contributed by atoms with van der Waals surface area (Å²) >= 11 is 0. The third kappa shape index (κ3) is 7.16. The largest absolute Gasteiger partial charge is 0.446 e. The molecule has 4 aliphatic carbocycles. The highest BCUT2D eigenvalue weighted by Crippen LogP contribution is 2.68. The van der Waals surface area contributed by atoms with E-state index in [9.17, 15) is 9.59 Å². The van der Waals surface area contributed by atoms with Gasteiger partial charge in [-0.1, -0.05) is 66.7 Å². The molecule has 1 unspecified atom stereocenters. The van der Waals surface area contributed by atoms with Crippen molar-refractivity contribution in [3.05, 3.63) is 0 Å². The predicted octanol–water partition coefficient (Wildman–Crippen LogP) is 9.10. The van der Waals surface area contributed by atoms with Gasteiger partial charge in [0.05, 0.1) is 6.54 Å². The van der Waals surface area contributed by atoms with Gasteiger partial charge in [-0.2, -0.15) is 0 Å². The van der Waals surface area contributed by atoms with Crippen LogP contribution in [0.25, 0.3) is 0 Å². The molecule has 5 heteroatoms. The first-order chi connectivity index (χ1) is 19.2. The van der Waals surface area contributed by atoms with Crippen LogP contribution in [0.1, 0.15) is 137 Å². The zero-order valence-corrected chi connectivity index (χ0v) is 26.5. The molecule has 0 aromatic carbocycles. The summed E-state index contributed by atoms with van der Waals surface area (Å²) in [7, 11) is 0. The number of alkyl carbamates (subject to hydrolysis) is 1. The fourth-order valence-corrected chi connectivity index (χ4v) is 10.4. The van der Waals surface area contributed by atoms with E-state index in [2.05, 4.69) is 44.9 Å². The Morgan fingerprint density at radius 2 is 1.65 bits per heavy atom. The maximum Gasteiger partial charge on any atom is 0.407 e. The first kappa shape index (κ1) is 31.6. The SMILES string of the molecule is CC(C)CCC[C@@H](C)[C@H]1CC[C@H]2[C@@H]3CCC4C[C@@H](OC(=O)NCCCCCCN=C=O)CC[C@]4(C)[C@H]3CC[C@]12C. The molecule has 0 saturated heterocycles. The maximum absolute atomic E-state index is 12.5. The Morgan fingerprint density at radius 1 is 0.900 bits per heavy atom. The second-order valence-electron chi connectivity index (χ2n) is 15.3. The zero-order chi connectivity index (χ0) is 28.8. The molecule has 0 aliphatic heterocycles. The molecule has 0 spiro atoms. The number of hydrogen-bond donors (Lipinski definition) is 1. The Labute approximate surface area is 245 Å². The van der Waals surface area contributed by atoms with Gasteiger partial charge in [0.2, 0.25) is 6.08 Å². The van der Waals surface area contributed by atoms with Gasteiger partial charge in [0.25, 0.3) is 0 Å². The smallest absolute Gasteiger partial charge is 0.407 e. The number of rotatable bonds is 13. The quantitative estimate of drug-likeness (QED) is 0.140. The Bertz CT molecular complexity index is 869. The number of isocyanates is 1. The molecular weight excluding hydrogens is 496 g/mol. The van der Waals surface area contributed by atoms with Gasteiger partial charge in [0.15, 0.2) is 0 Å². The molecule has 228 valence electrons. The lowest BCUT2D eigenvalue weighted by atomic mass is 9.44. The van der Waals surface area contributed by atoms with E-state index < -0.39 is 0 Å². The number of fused-ring (bicyclic) bond motifs is 5. The molecule has 9 atom stereocenters. The van der Waals surface area contributed by atoms with Crippen LogP contribution in [-0.2, 0) is 9.53 Å². The van der Waals surface area contributed by atoms with E-state index >= 15 is 0 Å². The predicted molar refractivity (Wildman–Crippen MR) is 163 cm³/mol. The van der Waals surface area contributed by atoms with Gasteiger partial charge < -0.3 is 10.1 Å². The summed E-state index contributed by atoms with van der Waals surface area (Å²) < 4.78 is 5.95. The average Bonchev–Trinajstić information content (AvgIpc) is 3.27. The number of aliphatic imine (C=N–C) groups is 1. The Hall–Kier alpha value is -1.35. The highest BCUT2D eigenvalue weighted by atomic mass is 16.6. The lowest BCUT2D eigenvalue weighted by molar-refractivity contribution is -0.129. The van der Waals surface area contributed by atoms with Gasteiger partial charge in [0.1, 0.15) is 6.10 Å². The molecule has 1 N–H and O–H groups in total. The van der Waals surface area contributed by atoms with Gasteiger partial charge in [-0.3, -0.25) is 0 Å². The van der Waals surface area contributed by atoms with E-state index in [-0.39, 0.29) is 12.2 Å². The van der Waals surface area contributed by atoms with Crippen molar-refractivity contribution in [3.8, 4) is 0 Å². The number of amides is 1. The minimum atomic E-state index is -0.235. The lowest BCUT2D eigenvalue weighted by Gasteiger charge is -2.61. The number of carbonyl (C=O) groups excluding carboxylic acids is 2. The van der Waals surface area contributed by atoms with E-state index in [0.717, 1.165) is 74.0 Å². The molecule has 4 saturated carbocycles. The highest BCUT2D eigenvalue weighted by molar-refractivity contribution is 5.67. The van der Waals surface area contributed by atoms with Crippen LogP contribution in [0.4, 0.5) is 4.79 Å². The van der Waals surface area contributed by atoms with Crippen molar-refractivity contribution >= 4 is 12.2 Å². The van der Waals surface area contributed by atoms with Crippen molar-refractivity contribution in [1.82, 2.24) is 5.32 Å². The van der Waals surface area contributed by atoms with Crippen molar-refractivity contribution in [1.29, 1.82) is 0 Å². The van der Waals surface area contributed by atoms with Crippen LogP contribution in [0.3, 0.4) is 0 Å². The summed E-state index contributed by atoms with van der Waals surface area (Å²) in [6.45, 7) is 13.8. The van der Waals surface area contributed by atoms with Crippen LogP contribution in [0, 0.1) is 52.3 Å². The fraction of sp³-hybridized carbons (Fsp3) is 0.943. The Kier molecular flexibility index (Phi) is 11.2. The fourth-order valence-electron chi connectivity index (χ4n) is 10.4. The van der Waals surface area contributed by atoms with E-state index in [4.69, 9.17) is 4.74 Å². The van der Waals surface area contributed by atoms with Crippen LogP contribution in [0.15, 0.2) is 4.99 Å². The van der Waals surface area contributed by atoms with Gasteiger partial charge in [0, 0.05) is 6.54 Å². The molecule has 0 aromatic rings. The number of nitrogens with one attached hydrogen (secondary N) is 1. The van der Waals surface area contributed by atoms with Crippen molar-refractivity contribution < 1.29 is 14.3 Å². The van der Waals surface area contributed by atoms with Gasteiger partial charge in [-0.15, -0.1) is 0 Å². The average molecular weight is 557 g/mol. The third-order valence-corrected chi connectivity index (χ3v) is 12.6. The van der Waals surface area contributed by atoms with Gasteiger partial charge in [-0.25, -0.2) is 14.6 Å². The summed E-state index contributed by atoms with van der Waals surface area (Å²) in [5.41, 5.74) is 0.985. The van der Waals surface area contributed by atoms with Crippen LogP contribution in [0.2, 0.25) is 0 Å². The normalized spacial score (nSPS) is 37.5. The molecule has 1 amide bonds. The zero-order valence-electron chi connectivity index (χ0n) is 26.5. The van der Waals surface area contributed by atoms with Crippen LogP contribution in [0.5, 0.6) is 0 Å². The van der Waals surface area contributed by atoms with E-state index in [1.54, 1.807) is 6.08 Å². The van der Waals surface area contributed by atoms with E-state index in [1.165, 1.54) is 64.2 Å². The number of ether oxygens (including phenoxy) is 1. The first-order valence-electron chi connectivity index (χ1n) is 17.2. The number of carbonyl (C=O) groups is 1. The lowest BCUT2D eigenvalue weighted by Crippen LogP contribution is -2.54. The minimum absolute atomic E-state index is 0.0761. The molecule has 40 heavy (non-hydrogen) atoms. The molecular formula is C35H60N2O3. The molecule has 4 fully saturated rings. The minimum Gasteiger partial charge on any atom is -0.446 e. The molecule has 4 rings (SSSR count). The molecule has 0 heterocycles. The molecule has 0 radical (unpaired) electrons. The Morgan fingerprint density at radius 3 is 2.42 bits per heavy atom. The molecule has 5 nitrogen and oxygen atoms in total. The summed E-state index contributed by atoms with van der Waals surface area (Å²) in [4.78, 5) is 26.2. The second kappa shape index (κ2) is 14.2. The summed E-state index contributed by atoms with van der Waals surface area (Å²) in [5, 5.41) is 2.97. The Balaban J connectivity index is 1.24.